The molecule has 2 N–H and O–H groups in total. The van der Waals surface area contributed by atoms with Gasteiger partial charge in [0.05, 0.1) is 0 Å². The highest BCUT2D eigenvalue weighted by atomic mass is 16.2. The third-order valence-electron chi connectivity index (χ3n) is 1.79. The number of hydrogen-bond donors (Lipinski definition) is 2. The summed E-state index contributed by atoms with van der Waals surface area (Å²) in [5.41, 5.74) is 0.834. The first-order valence-corrected chi connectivity index (χ1v) is 4.28. The molecule has 0 fully saturated rings. The smallest absolute Gasteiger partial charge is 0.313 e. The molecule has 0 spiro atoms. The molecule has 0 bridgehead atoms. The predicted molar refractivity (Wildman–Crippen MR) is 55.7 cm³/mol. The predicted octanol–water partition coefficient (Wildman–Crippen LogP) is -1.79. The van der Waals surface area contributed by atoms with Crippen molar-refractivity contribution in [1.29, 1.82) is 0 Å². The van der Waals surface area contributed by atoms with Crippen molar-refractivity contribution in [2.75, 3.05) is 10.7 Å². The van der Waals surface area contributed by atoms with Gasteiger partial charge in [-0.05, 0) is 0 Å². The van der Waals surface area contributed by atoms with Crippen molar-refractivity contribution in [3.8, 4) is 0 Å². The minimum atomic E-state index is -0.757. The van der Waals surface area contributed by atoms with Crippen LogP contribution in [-0.4, -0.2) is 21.6 Å². The molecule has 0 aromatic carbocycles. The second kappa shape index (κ2) is 4.43. The van der Waals surface area contributed by atoms with Crippen LogP contribution in [0.4, 0.5) is 5.82 Å². The molecule has 0 radical (unpaired) electrons. The molecular weight excluding hydrogens is 216 g/mol. The highest BCUT2D eigenvalue weighted by Gasteiger charge is 2.09. The van der Waals surface area contributed by atoms with Gasteiger partial charge in [-0.3, -0.25) is 24.4 Å². The lowest BCUT2D eigenvalue weighted by atomic mass is 10.5. The van der Waals surface area contributed by atoms with Crippen molar-refractivity contribution in [2.45, 2.75) is 6.92 Å². The molecule has 16 heavy (non-hydrogen) atoms. The standard InChI is InChI=1S/C8H10N4O4/c1-5(14)10-12-6(9-4-13)3-7(15)11(2)8(12)16/h3-4H,1-2H3,(H,9,13)(H,10,14). The van der Waals surface area contributed by atoms with Gasteiger partial charge in [-0.2, -0.15) is 4.68 Å². The molecule has 86 valence electrons. The van der Waals surface area contributed by atoms with Crippen LogP contribution in [0.25, 0.3) is 0 Å². The minimum Gasteiger partial charge on any atom is -0.313 e. The Kier molecular flexibility index (Phi) is 3.24. The SMILES string of the molecule is CC(=O)Nn1c(NC=O)cc(=O)n(C)c1=O. The molecule has 0 atom stereocenters. The molecule has 8 nitrogen and oxygen atoms in total. The molecule has 1 heterocycles. The summed E-state index contributed by atoms with van der Waals surface area (Å²) in [6.45, 7) is 1.20. The van der Waals surface area contributed by atoms with Crippen molar-refractivity contribution in [3.63, 3.8) is 0 Å². The van der Waals surface area contributed by atoms with Crippen molar-refractivity contribution in [2.24, 2.45) is 7.05 Å². The van der Waals surface area contributed by atoms with Gasteiger partial charge in [0.15, 0.2) is 0 Å². The van der Waals surface area contributed by atoms with Crippen LogP contribution in [0.1, 0.15) is 6.92 Å². The van der Waals surface area contributed by atoms with Gasteiger partial charge in [-0.1, -0.05) is 0 Å². The Bertz CT molecular complexity index is 542. The Balaban J connectivity index is 3.47. The summed E-state index contributed by atoms with van der Waals surface area (Å²) in [5.74, 6) is -0.604. The fourth-order valence-electron chi connectivity index (χ4n) is 1.06. The van der Waals surface area contributed by atoms with Gasteiger partial charge in [0.2, 0.25) is 12.3 Å². The number of nitrogens with one attached hydrogen (secondary N) is 2. The average Bonchev–Trinajstić information content (AvgIpc) is 2.21. The lowest BCUT2D eigenvalue weighted by molar-refractivity contribution is -0.115. The van der Waals surface area contributed by atoms with Gasteiger partial charge in [0.1, 0.15) is 5.82 Å². The molecule has 0 aliphatic carbocycles. The molecule has 1 aromatic heterocycles. The molecule has 0 aliphatic rings. The summed E-state index contributed by atoms with van der Waals surface area (Å²) in [5, 5.41) is 2.14. The number of hydrogen-bond acceptors (Lipinski definition) is 4. The zero-order chi connectivity index (χ0) is 12.3. The largest absolute Gasteiger partial charge is 0.351 e. The maximum absolute atomic E-state index is 11.6. The maximum atomic E-state index is 11.6. The summed E-state index contributed by atoms with van der Waals surface area (Å²) < 4.78 is 1.57. The highest BCUT2D eigenvalue weighted by molar-refractivity contribution is 5.82. The first-order chi connectivity index (χ1) is 7.47. The summed E-state index contributed by atoms with van der Waals surface area (Å²) in [4.78, 5) is 43.9. The minimum absolute atomic E-state index is 0.0988. The van der Waals surface area contributed by atoms with E-state index in [9.17, 15) is 19.2 Å². The van der Waals surface area contributed by atoms with Crippen LogP contribution in [0.2, 0.25) is 0 Å². The van der Waals surface area contributed by atoms with Gasteiger partial charge in [0.25, 0.3) is 5.56 Å². The monoisotopic (exact) mass is 226 g/mol. The Morgan fingerprint density at radius 1 is 1.44 bits per heavy atom. The van der Waals surface area contributed by atoms with E-state index in [-0.39, 0.29) is 5.82 Å². The van der Waals surface area contributed by atoms with Crippen LogP contribution >= 0.6 is 0 Å². The summed E-state index contributed by atoms with van der Waals surface area (Å²) in [7, 11) is 1.26. The molecular formula is C8H10N4O4. The van der Waals surface area contributed by atoms with E-state index in [1.807, 2.05) is 0 Å². The van der Waals surface area contributed by atoms with Crippen molar-refractivity contribution < 1.29 is 9.59 Å². The van der Waals surface area contributed by atoms with E-state index in [4.69, 9.17) is 0 Å². The van der Waals surface area contributed by atoms with Crippen molar-refractivity contribution >= 4 is 18.1 Å². The lowest BCUT2D eigenvalue weighted by Gasteiger charge is -2.11. The highest BCUT2D eigenvalue weighted by Crippen LogP contribution is 1.96. The van der Waals surface area contributed by atoms with Gasteiger partial charge in [-0.25, -0.2) is 4.79 Å². The van der Waals surface area contributed by atoms with Crippen molar-refractivity contribution in [1.82, 2.24) is 9.24 Å². The number of aromatic nitrogens is 2. The third kappa shape index (κ3) is 2.16. The Morgan fingerprint density at radius 3 is 2.56 bits per heavy atom. The topological polar surface area (TPSA) is 102 Å². The van der Waals surface area contributed by atoms with Crippen LogP contribution in [0.3, 0.4) is 0 Å². The first kappa shape index (κ1) is 11.7. The van der Waals surface area contributed by atoms with Crippen LogP contribution in [0.15, 0.2) is 15.7 Å². The molecule has 1 rings (SSSR count). The Morgan fingerprint density at radius 2 is 2.06 bits per heavy atom. The number of nitrogens with zero attached hydrogens (tertiary/aromatic N) is 2. The average molecular weight is 226 g/mol. The number of carbonyl (C=O) groups is 2. The molecule has 8 heteroatoms. The van der Waals surface area contributed by atoms with Gasteiger partial charge < -0.3 is 5.32 Å². The quantitative estimate of drug-likeness (QED) is 0.594. The first-order valence-electron chi connectivity index (χ1n) is 4.28. The second-order valence-corrected chi connectivity index (χ2v) is 2.97. The number of anilines is 1. The van der Waals surface area contributed by atoms with E-state index in [2.05, 4.69) is 10.7 Å². The fourth-order valence-corrected chi connectivity index (χ4v) is 1.06. The van der Waals surface area contributed by atoms with Gasteiger partial charge in [-0.15, -0.1) is 0 Å². The lowest BCUT2D eigenvalue weighted by Crippen LogP contribution is -2.43. The summed E-state index contributed by atoms with van der Waals surface area (Å²) >= 11 is 0. The van der Waals surface area contributed by atoms with Crippen LogP contribution in [0.5, 0.6) is 0 Å². The maximum Gasteiger partial charge on any atom is 0.351 e. The van der Waals surface area contributed by atoms with Gasteiger partial charge >= 0.3 is 5.69 Å². The molecule has 1 aromatic rings. The molecule has 0 saturated heterocycles. The molecule has 2 amide bonds. The van der Waals surface area contributed by atoms with E-state index in [1.165, 1.54) is 14.0 Å². The summed E-state index contributed by atoms with van der Waals surface area (Å²) in [6.07, 6.45) is 0.298. The van der Waals surface area contributed by atoms with E-state index in [0.29, 0.717) is 6.41 Å². The number of rotatable bonds is 3. The second-order valence-electron chi connectivity index (χ2n) is 2.97. The van der Waals surface area contributed by atoms with E-state index >= 15 is 0 Å². The summed E-state index contributed by atoms with van der Waals surface area (Å²) in [6, 6.07) is 1.02. The normalized spacial score (nSPS) is 9.62. The third-order valence-corrected chi connectivity index (χ3v) is 1.79. The number of amides is 2. The molecule has 0 saturated carbocycles. The Labute approximate surface area is 89.5 Å². The van der Waals surface area contributed by atoms with Crippen LogP contribution in [-0.2, 0) is 16.6 Å². The fraction of sp³-hybridized carbons (Fsp3) is 0.250. The van der Waals surface area contributed by atoms with E-state index in [1.54, 1.807) is 0 Å². The molecule has 0 unspecified atom stereocenters. The van der Waals surface area contributed by atoms with E-state index in [0.717, 1.165) is 15.3 Å². The van der Waals surface area contributed by atoms with Crippen LogP contribution in [0, 0.1) is 0 Å². The van der Waals surface area contributed by atoms with Crippen molar-refractivity contribution in [3.05, 3.63) is 26.9 Å². The number of carbonyl (C=O) groups excluding carboxylic acids is 2. The van der Waals surface area contributed by atoms with Gasteiger partial charge in [0, 0.05) is 20.0 Å². The van der Waals surface area contributed by atoms with Crippen LogP contribution < -0.4 is 22.0 Å². The Hall–Kier alpha value is -2.38. The zero-order valence-corrected chi connectivity index (χ0v) is 8.68. The molecule has 0 aliphatic heterocycles. The van der Waals surface area contributed by atoms with E-state index < -0.39 is 17.2 Å². The zero-order valence-electron chi connectivity index (χ0n) is 8.68.